The van der Waals surface area contributed by atoms with E-state index < -0.39 is 5.92 Å². The summed E-state index contributed by atoms with van der Waals surface area (Å²) in [6.07, 6.45) is 2.80. The number of carbonyl (C=O) groups excluding carboxylic acids is 1. The van der Waals surface area contributed by atoms with Crippen molar-refractivity contribution in [1.29, 1.82) is 0 Å². The van der Waals surface area contributed by atoms with Gasteiger partial charge < -0.3 is 4.90 Å². The van der Waals surface area contributed by atoms with Crippen molar-refractivity contribution in [2.24, 2.45) is 0 Å². The molecule has 1 heterocycles. The van der Waals surface area contributed by atoms with Crippen molar-refractivity contribution in [3.63, 3.8) is 0 Å². The van der Waals surface area contributed by atoms with E-state index in [1.807, 2.05) is 0 Å². The number of alkyl halides is 2. The lowest BCUT2D eigenvalue weighted by Gasteiger charge is -2.31. The Balaban J connectivity index is 2.54. The summed E-state index contributed by atoms with van der Waals surface area (Å²) >= 11 is 0. The second kappa shape index (κ2) is 4.55. The van der Waals surface area contributed by atoms with Crippen LogP contribution in [0.25, 0.3) is 0 Å². The number of allylic oxidation sites excluding steroid dienone is 1. The molecule has 2 nitrogen and oxygen atoms in total. The van der Waals surface area contributed by atoms with Gasteiger partial charge in [0.15, 0.2) is 0 Å². The number of halogens is 2. The third-order valence-electron chi connectivity index (χ3n) is 2.42. The minimum Gasteiger partial charge on any atom is -0.338 e. The van der Waals surface area contributed by atoms with Crippen molar-refractivity contribution in [2.75, 3.05) is 13.1 Å². The van der Waals surface area contributed by atoms with Crippen LogP contribution in [0.15, 0.2) is 24.3 Å². The van der Waals surface area contributed by atoms with Gasteiger partial charge in [-0.2, -0.15) is 0 Å². The lowest BCUT2D eigenvalue weighted by Crippen LogP contribution is -2.43. The highest BCUT2D eigenvalue weighted by molar-refractivity contribution is 5.95. The molecule has 15 heavy (non-hydrogen) atoms. The molecule has 1 saturated heterocycles. The fourth-order valence-corrected chi connectivity index (χ4v) is 1.51. The Labute approximate surface area is 88.3 Å². The van der Waals surface area contributed by atoms with Gasteiger partial charge in [-0.05, 0) is 6.92 Å². The molecule has 0 spiro atoms. The lowest BCUT2D eigenvalue weighted by atomic mass is 10.1. The Kier molecular flexibility index (Phi) is 3.61. The van der Waals surface area contributed by atoms with Gasteiger partial charge in [-0.3, -0.25) is 4.79 Å². The summed E-state index contributed by atoms with van der Waals surface area (Å²) in [5.74, 6) is -2.86. The third-order valence-corrected chi connectivity index (χ3v) is 2.42. The van der Waals surface area contributed by atoms with Crippen LogP contribution in [0.3, 0.4) is 0 Å². The first-order valence-electron chi connectivity index (χ1n) is 4.95. The van der Waals surface area contributed by atoms with E-state index in [2.05, 4.69) is 6.58 Å². The monoisotopic (exact) mass is 215 g/mol. The summed E-state index contributed by atoms with van der Waals surface area (Å²) in [4.78, 5) is 13.1. The first kappa shape index (κ1) is 11.9. The molecule has 0 aromatic heterocycles. The lowest BCUT2D eigenvalue weighted by molar-refractivity contribution is -0.132. The number of carbonyl (C=O) groups is 1. The van der Waals surface area contributed by atoms with Crippen molar-refractivity contribution in [2.45, 2.75) is 25.7 Å². The molecule has 0 unspecified atom stereocenters. The molecule has 1 aliphatic rings. The Morgan fingerprint density at radius 3 is 2.40 bits per heavy atom. The number of hydrogen-bond donors (Lipinski definition) is 0. The summed E-state index contributed by atoms with van der Waals surface area (Å²) in [6, 6.07) is 0. The van der Waals surface area contributed by atoms with Crippen LogP contribution in [0.4, 0.5) is 8.78 Å². The SMILES string of the molecule is C=C(/C=C\C)C(=O)N1CCC(F)(F)CC1. The molecule has 0 aromatic rings. The largest absolute Gasteiger partial charge is 0.338 e. The predicted octanol–water partition coefficient (Wildman–Crippen LogP) is 2.38. The predicted molar refractivity (Wildman–Crippen MR) is 54.7 cm³/mol. The Hall–Kier alpha value is -1.19. The van der Waals surface area contributed by atoms with Crippen LogP contribution in [0.5, 0.6) is 0 Å². The molecule has 0 aromatic carbocycles. The highest BCUT2D eigenvalue weighted by atomic mass is 19.3. The molecular weight excluding hydrogens is 200 g/mol. The van der Waals surface area contributed by atoms with Crippen molar-refractivity contribution < 1.29 is 13.6 Å². The molecule has 0 N–H and O–H groups in total. The number of likely N-dealkylation sites (tertiary alicyclic amines) is 1. The van der Waals surface area contributed by atoms with E-state index in [0.29, 0.717) is 5.57 Å². The molecule has 0 saturated carbocycles. The highest BCUT2D eigenvalue weighted by Crippen LogP contribution is 2.28. The fraction of sp³-hybridized carbons (Fsp3) is 0.545. The molecule has 1 rings (SSSR count). The van der Waals surface area contributed by atoms with Gasteiger partial charge in [0.1, 0.15) is 0 Å². The fourth-order valence-electron chi connectivity index (χ4n) is 1.51. The van der Waals surface area contributed by atoms with Crippen molar-refractivity contribution >= 4 is 5.91 Å². The third kappa shape index (κ3) is 3.15. The summed E-state index contributed by atoms with van der Waals surface area (Å²) in [6.45, 7) is 5.60. The number of nitrogens with zero attached hydrogens (tertiary/aromatic N) is 1. The minimum absolute atomic E-state index is 0.113. The van der Waals surface area contributed by atoms with Crippen molar-refractivity contribution in [3.8, 4) is 0 Å². The number of rotatable bonds is 2. The zero-order valence-electron chi connectivity index (χ0n) is 8.80. The Morgan fingerprint density at radius 2 is 1.93 bits per heavy atom. The van der Waals surface area contributed by atoms with Gasteiger partial charge in [0, 0.05) is 31.5 Å². The topological polar surface area (TPSA) is 20.3 Å². The van der Waals surface area contributed by atoms with Crippen molar-refractivity contribution in [1.82, 2.24) is 4.90 Å². The zero-order valence-corrected chi connectivity index (χ0v) is 8.80. The van der Waals surface area contributed by atoms with Crippen molar-refractivity contribution in [3.05, 3.63) is 24.3 Å². The van der Waals surface area contributed by atoms with Gasteiger partial charge in [-0.25, -0.2) is 8.78 Å². The summed E-state index contributed by atoms with van der Waals surface area (Å²) in [7, 11) is 0. The van der Waals surface area contributed by atoms with E-state index in [1.165, 1.54) is 4.90 Å². The molecule has 1 amide bonds. The summed E-state index contributed by atoms with van der Waals surface area (Å²) in [5, 5.41) is 0. The van der Waals surface area contributed by atoms with Crippen LogP contribution < -0.4 is 0 Å². The first-order chi connectivity index (χ1) is 6.96. The van der Waals surface area contributed by atoms with E-state index >= 15 is 0 Å². The van der Waals surface area contributed by atoms with Crippen LogP contribution >= 0.6 is 0 Å². The highest BCUT2D eigenvalue weighted by Gasteiger charge is 2.35. The Bertz CT molecular complexity index is 287. The smallest absolute Gasteiger partial charge is 0.253 e. The normalized spacial score (nSPS) is 20.6. The zero-order chi connectivity index (χ0) is 11.5. The average Bonchev–Trinajstić information content (AvgIpc) is 2.17. The number of amides is 1. The average molecular weight is 215 g/mol. The molecule has 1 fully saturated rings. The quantitative estimate of drug-likeness (QED) is 0.511. The minimum atomic E-state index is -2.61. The van der Waals surface area contributed by atoms with Crippen LogP contribution in [-0.4, -0.2) is 29.8 Å². The molecular formula is C11H15F2NO. The van der Waals surface area contributed by atoms with E-state index in [4.69, 9.17) is 0 Å². The summed E-state index contributed by atoms with van der Waals surface area (Å²) in [5.41, 5.74) is 0.350. The number of hydrogen-bond acceptors (Lipinski definition) is 1. The maximum Gasteiger partial charge on any atom is 0.253 e. The molecule has 1 aliphatic heterocycles. The van der Waals surface area contributed by atoms with Gasteiger partial charge in [0.05, 0.1) is 0 Å². The van der Waals surface area contributed by atoms with Gasteiger partial charge in [0.2, 0.25) is 0 Å². The maximum atomic E-state index is 12.8. The number of piperidine rings is 1. The van der Waals surface area contributed by atoms with Gasteiger partial charge in [-0.15, -0.1) is 0 Å². The van der Waals surface area contributed by atoms with Gasteiger partial charge in [-0.1, -0.05) is 18.7 Å². The van der Waals surface area contributed by atoms with E-state index in [-0.39, 0.29) is 31.8 Å². The van der Waals surface area contributed by atoms with Gasteiger partial charge >= 0.3 is 0 Å². The van der Waals surface area contributed by atoms with Crippen LogP contribution in [-0.2, 0) is 4.79 Å². The second-order valence-corrected chi connectivity index (χ2v) is 3.67. The second-order valence-electron chi connectivity index (χ2n) is 3.67. The van der Waals surface area contributed by atoms with E-state index in [1.54, 1.807) is 19.1 Å². The molecule has 0 atom stereocenters. The summed E-state index contributed by atoms with van der Waals surface area (Å²) < 4.78 is 25.6. The molecule has 84 valence electrons. The van der Waals surface area contributed by atoms with Crippen LogP contribution in [0.1, 0.15) is 19.8 Å². The first-order valence-corrected chi connectivity index (χ1v) is 4.95. The molecule has 0 aliphatic carbocycles. The maximum absolute atomic E-state index is 12.8. The molecule has 0 radical (unpaired) electrons. The van der Waals surface area contributed by atoms with Crippen LogP contribution in [0.2, 0.25) is 0 Å². The van der Waals surface area contributed by atoms with E-state index in [9.17, 15) is 13.6 Å². The van der Waals surface area contributed by atoms with Crippen LogP contribution in [0, 0.1) is 0 Å². The molecule has 0 bridgehead atoms. The molecule has 4 heteroatoms. The van der Waals surface area contributed by atoms with Gasteiger partial charge in [0.25, 0.3) is 11.8 Å². The standard InChI is InChI=1S/C11H15F2NO/c1-3-4-9(2)10(15)14-7-5-11(12,13)6-8-14/h3-4H,2,5-8H2,1H3/b4-3-. The van der Waals surface area contributed by atoms with E-state index in [0.717, 1.165) is 0 Å². The Morgan fingerprint density at radius 1 is 1.40 bits per heavy atom.